The first kappa shape index (κ1) is 23.1. The Kier molecular flexibility index (Phi) is 5.86. The zero-order valence-corrected chi connectivity index (χ0v) is 19.9. The van der Waals surface area contributed by atoms with Crippen LogP contribution < -0.4 is 14.8 Å². The second kappa shape index (κ2) is 8.87. The summed E-state index contributed by atoms with van der Waals surface area (Å²) in [5.41, 5.74) is 2.14. The number of hydrogen-bond donors (Lipinski definition) is 1. The van der Waals surface area contributed by atoms with Crippen LogP contribution in [0.15, 0.2) is 36.4 Å². The largest absolute Gasteiger partial charge is 0.486 e. The molecule has 2 aromatic rings. The highest BCUT2D eigenvalue weighted by Crippen LogP contribution is 2.52. The molecule has 35 heavy (non-hydrogen) atoms. The van der Waals surface area contributed by atoms with Gasteiger partial charge in [0.05, 0.1) is 11.0 Å². The molecule has 5 rings (SSSR count). The van der Waals surface area contributed by atoms with Crippen LogP contribution in [0.3, 0.4) is 0 Å². The predicted octanol–water partition coefficient (Wildman–Crippen LogP) is 3.90. The van der Waals surface area contributed by atoms with Crippen LogP contribution in [0.4, 0.5) is 5.69 Å². The molecule has 2 atom stereocenters. The van der Waals surface area contributed by atoms with Crippen LogP contribution in [-0.4, -0.2) is 47.4 Å². The van der Waals surface area contributed by atoms with Gasteiger partial charge in [0.15, 0.2) is 11.5 Å². The minimum Gasteiger partial charge on any atom is -0.486 e. The van der Waals surface area contributed by atoms with E-state index >= 15 is 0 Å². The van der Waals surface area contributed by atoms with Gasteiger partial charge in [-0.2, -0.15) is 0 Å². The molecule has 2 unspecified atom stereocenters. The van der Waals surface area contributed by atoms with Crippen LogP contribution in [0, 0.1) is 10.1 Å². The highest BCUT2D eigenvalue weighted by Gasteiger charge is 2.47. The lowest BCUT2D eigenvalue weighted by molar-refractivity contribution is -0.384. The average molecular weight is 480 g/mol. The molecule has 1 aliphatic carbocycles. The standard InChI is InChI=1S/C26H29N3O6/c1-16(27-24(30)18-6-5-7-19(12-18)29(32)33)25(31)28-15-26(8-3-4-9-26)21-14-23-22(34-10-11-35-23)13-20(21)17(28)2/h5-7,12-14,16-17H,3-4,8-11,15H2,1-2H3,(H,27,30). The Hall–Kier alpha value is -3.62. The van der Waals surface area contributed by atoms with Crippen molar-refractivity contribution >= 4 is 17.5 Å². The first-order chi connectivity index (χ1) is 16.8. The summed E-state index contributed by atoms with van der Waals surface area (Å²) in [6, 6.07) is 8.63. The first-order valence-corrected chi connectivity index (χ1v) is 12.1. The summed E-state index contributed by atoms with van der Waals surface area (Å²) < 4.78 is 11.7. The summed E-state index contributed by atoms with van der Waals surface area (Å²) >= 11 is 0. The van der Waals surface area contributed by atoms with Crippen LogP contribution in [0.25, 0.3) is 0 Å². The molecule has 9 nitrogen and oxygen atoms in total. The summed E-state index contributed by atoms with van der Waals surface area (Å²) in [7, 11) is 0. The third-order valence-corrected chi connectivity index (χ3v) is 7.56. The fourth-order valence-corrected chi connectivity index (χ4v) is 5.72. The normalized spacial score (nSPS) is 20.7. The minimum absolute atomic E-state index is 0.142. The maximum Gasteiger partial charge on any atom is 0.270 e. The lowest BCUT2D eigenvalue weighted by Gasteiger charge is -2.47. The highest BCUT2D eigenvalue weighted by molar-refractivity contribution is 5.98. The van der Waals surface area contributed by atoms with Crippen molar-refractivity contribution in [3.8, 4) is 11.5 Å². The molecule has 184 valence electrons. The number of nitrogens with zero attached hydrogens (tertiary/aromatic N) is 2. The van der Waals surface area contributed by atoms with Gasteiger partial charge < -0.3 is 19.7 Å². The van der Waals surface area contributed by atoms with Gasteiger partial charge in [-0.1, -0.05) is 18.9 Å². The predicted molar refractivity (Wildman–Crippen MR) is 128 cm³/mol. The van der Waals surface area contributed by atoms with E-state index in [0.717, 1.165) is 37.0 Å². The Morgan fingerprint density at radius 2 is 1.83 bits per heavy atom. The molecular weight excluding hydrogens is 450 g/mol. The Morgan fingerprint density at radius 1 is 1.14 bits per heavy atom. The number of nitro benzene ring substituents is 1. The van der Waals surface area contributed by atoms with Crippen molar-refractivity contribution in [2.75, 3.05) is 19.8 Å². The fourth-order valence-electron chi connectivity index (χ4n) is 5.72. The van der Waals surface area contributed by atoms with Gasteiger partial charge in [-0.05, 0) is 56.0 Å². The third-order valence-electron chi connectivity index (χ3n) is 7.56. The second-order valence-corrected chi connectivity index (χ2v) is 9.72. The van der Waals surface area contributed by atoms with E-state index in [1.54, 1.807) is 6.92 Å². The molecule has 1 saturated carbocycles. The lowest BCUT2D eigenvalue weighted by Crippen LogP contribution is -2.54. The van der Waals surface area contributed by atoms with E-state index in [4.69, 9.17) is 9.47 Å². The summed E-state index contributed by atoms with van der Waals surface area (Å²) in [6.45, 7) is 5.26. The van der Waals surface area contributed by atoms with Crippen molar-refractivity contribution in [3.63, 3.8) is 0 Å². The molecule has 1 N–H and O–H groups in total. The van der Waals surface area contributed by atoms with Crippen LogP contribution in [-0.2, 0) is 10.2 Å². The number of amides is 2. The number of carbonyl (C=O) groups excluding carboxylic acids is 2. The topological polar surface area (TPSA) is 111 Å². The van der Waals surface area contributed by atoms with Gasteiger partial charge in [0.25, 0.3) is 11.6 Å². The number of ether oxygens (including phenoxy) is 2. The number of carbonyl (C=O) groups is 2. The molecule has 0 bridgehead atoms. The molecular formula is C26H29N3O6. The van der Waals surface area contributed by atoms with Crippen molar-refractivity contribution in [2.24, 2.45) is 0 Å². The molecule has 1 fully saturated rings. The van der Waals surface area contributed by atoms with Crippen LogP contribution in [0.1, 0.15) is 67.1 Å². The number of nitrogens with one attached hydrogen (secondary N) is 1. The number of non-ortho nitro benzene ring substituents is 1. The Balaban J connectivity index is 1.40. The molecule has 2 heterocycles. The van der Waals surface area contributed by atoms with Crippen molar-refractivity contribution in [1.82, 2.24) is 10.2 Å². The number of nitro groups is 1. The molecule has 9 heteroatoms. The third kappa shape index (κ3) is 4.09. The van der Waals surface area contributed by atoms with Crippen LogP contribution >= 0.6 is 0 Å². The van der Waals surface area contributed by atoms with E-state index in [-0.39, 0.29) is 28.6 Å². The Labute approximate surface area is 203 Å². The molecule has 2 aliphatic heterocycles. The molecule has 0 saturated heterocycles. The smallest absolute Gasteiger partial charge is 0.270 e. The maximum atomic E-state index is 13.6. The molecule has 2 aromatic carbocycles. The van der Waals surface area contributed by atoms with Crippen molar-refractivity contribution < 1.29 is 24.0 Å². The van der Waals surface area contributed by atoms with E-state index in [1.165, 1.54) is 29.8 Å². The van der Waals surface area contributed by atoms with E-state index in [9.17, 15) is 19.7 Å². The molecule has 3 aliphatic rings. The quantitative estimate of drug-likeness (QED) is 0.526. The van der Waals surface area contributed by atoms with Gasteiger partial charge in [-0.3, -0.25) is 19.7 Å². The van der Waals surface area contributed by atoms with Gasteiger partial charge in [0.1, 0.15) is 19.3 Å². The van der Waals surface area contributed by atoms with E-state index in [1.807, 2.05) is 17.9 Å². The van der Waals surface area contributed by atoms with Gasteiger partial charge in [0, 0.05) is 29.7 Å². The molecule has 0 radical (unpaired) electrons. The average Bonchev–Trinajstić information content (AvgIpc) is 3.34. The molecule has 0 aromatic heterocycles. The van der Waals surface area contributed by atoms with Gasteiger partial charge in [-0.25, -0.2) is 0 Å². The zero-order chi connectivity index (χ0) is 24.7. The fraction of sp³-hybridized carbons (Fsp3) is 0.462. The molecule has 2 amide bonds. The van der Waals surface area contributed by atoms with E-state index in [2.05, 4.69) is 11.4 Å². The number of benzene rings is 2. The minimum atomic E-state index is -0.790. The maximum absolute atomic E-state index is 13.6. The van der Waals surface area contributed by atoms with Crippen LogP contribution in [0.5, 0.6) is 11.5 Å². The monoisotopic (exact) mass is 479 g/mol. The zero-order valence-electron chi connectivity index (χ0n) is 19.9. The van der Waals surface area contributed by atoms with Crippen molar-refractivity contribution in [1.29, 1.82) is 0 Å². The number of fused-ring (bicyclic) bond motifs is 3. The molecule has 1 spiro atoms. The summed E-state index contributed by atoms with van der Waals surface area (Å²) in [5, 5.41) is 13.8. The van der Waals surface area contributed by atoms with E-state index in [0.29, 0.717) is 25.5 Å². The SMILES string of the molecule is CC(NC(=O)c1cccc([N+](=O)[O-])c1)C(=O)N1CC2(CCCC2)c2cc3c(cc2C1C)OCCO3. The van der Waals surface area contributed by atoms with Crippen LogP contribution in [0.2, 0.25) is 0 Å². The highest BCUT2D eigenvalue weighted by atomic mass is 16.6. The van der Waals surface area contributed by atoms with E-state index < -0.39 is 16.9 Å². The summed E-state index contributed by atoms with van der Waals surface area (Å²) in [4.78, 5) is 38.8. The summed E-state index contributed by atoms with van der Waals surface area (Å²) in [5.74, 6) is 0.778. The van der Waals surface area contributed by atoms with Gasteiger partial charge in [0.2, 0.25) is 5.91 Å². The van der Waals surface area contributed by atoms with Crippen molar-refractivity contribution in [2.45, 2.75) is 57.0 Å². The van der Waals surface area contributed by atoms with Gasteiger partial charge in [-0.15, -0.1) is 0 Å². The van der Waals surface area contributed by atoms with Gasteiger partial charge >= 0.3 is 0 Å². The lowest BCUT2D eigenvalue weighted by atomic mass is 9.71. The Morgan fingerprint density at radius 3 is 2.51 bits per heavy atom. The Bertz CT molecular complexity index is 1190. The number of rotatable bonds is 4. The second-order valence-electron chi connectivity index (χ2n) is 9.72. The number of hydrogen-bond acceptors (Lipinski definition) is 6. The van der Waals surface area contributed by atoms with Crippen molar-refractivity contribution in [3.05, 3.63) is 63.2 Å². The first-order valence-electron chi connectivity index (χ1n) is 12.1. The summed E-state index contributed by atoms with van der Waals surface area (Å²) in [6.07, 6.45) is 4.18.